The second-order valence-corrected chi connectivity index (χ2v) is 3.36. The average molecular weight is 130 g/mol. The molecular weight excluding hydrogens is 118 g/mol. The first-order valence-corrected chi connectivity index (χ1v) is 4.07. The van der Waals surface area contributed by atoms with Gasteiger partial charge in [-0.15, -0.1) is 0 Å². The van der Waals surface area contributed by atoms with Crippen molar-refractivity contribution in [3.05, 3.63) is 6.92 Å². The molecule has 0 aliphatic carbocycles. The van der Waals surface area contributed by atoms with E-state index >= 15 is 0 Å². The summed E-state index contributed by atoms with van der Waals surface area (Å²) in [6.45, 7) is 5.19. The topological polar surface area (TPSA) is 3.24 Å². The summed E-state index contributed by atoms with van der Waals surface area (Å²) in [5.74, 6) is 2.49. The van der Waals surface area contributed by atoms with Crippen molar-refractivity contribution < 1.29 is 0 Å². The Bertz CT molecular complexity index is 64.9. The van der Waals surface area contributed by atoms with Crippen LogP contribution in [0, 0.1) is 6.92 Å². The number of hydrogen-bond acceptors (Lipinski definition) is 2. The number of hydrogen-bond donors (Lipinski definition) is 0. The van der Waals surface area contributed by atoms with E-state index in [1.165, 1.54) is 18.1 Å². The van der Waals surface area contributed by atoms with E-state index in [9.17, 15) is 0 Å². The average Bonchev–Trinajstić information content (AvgIpc) is 1.77. The van der Waals surface area contributed by atoms with E-state index in [2.05, 4.69) is 18.9 Å². The van der Waals surface area contributed by atoms with Gasteiger partial charge in [-0.3, -0.25) is 0 Å². The highest BCUT2D eigenvalue weighted by Crippen LogP contribution is 2.12. The molecule has 1 heterocycles. The summed E-state index contributed by atoms with van der Waals surface area (Å²) in [5.41, 5.74) is 0. The van der Waals surface area contributed by atoms with Crippen molar-refractivity contribution in [3.8, 4) is 0 Å². The molecule has 0 aromatic heterocycles. The molecular formula is C6H12NS. The first-order chi connectivity index (χ1) is 3.80. The number of rotatable bonds is 0. The third-order valence-electron chi connectivity index (χ3n) is 1.52. The monoisotopic (exact) mass is 130 g/mol. The molecule has 0 aromatic rings. The summed E-state index contributed by atoms with van der Waals surface area (Å²) in [6.07, 6.45) is 0. The van der Waals surface area contributed by atoms with Crippen LogP contribution in [0.1, 0.15) is 0 Å². The van der Waals surface area contributed by atoms with Crippen LogP contribution in [0.15, 0.2) is 0 Å². The van der Waals surface area contributed by atoms with Gasteiger partial charge in [0, 0.05) is 24.1 Å². The standard InChI is InChI=1S/C6H12NS/c1-6-5-8-4-3-7(6)2/h6H,1,3-5H2,2H3. The molecule has 1 radical (unpaired) electrons. The van der Waals surface area contributed by atoms with Crippen LogP contribution in [0.4, 0.5) is 0 Å². The van der Waals surface area contributed by atoms with Gasteiger partial charge in [0.1, 0.15) is 0 Å². The molecule has 1 aliphatic heterocycles. The van der Waals surface area contributed by atoms with E-state index in [-0.39, 0.29) is 0 Å². The molecule has 1 atom stereocenters. The van der Waals surface area contributed by atoms with Gasteiger partial charge < -0.3 is 4.90 Å². The molecule has 1 saturated heterocycles. The Labute approximate surface area is 55.4 Å². The lowest BCUT2D eigenvalue weighted by atomic mass is 10.3. The van der Waals surface area contributed by atoms with Gasteiger partial charge in [0.05, 0.1) is 0 Å². The van der Waals surface area contributed by atoms with Crippen molar-refractivity contribution in [2.45, 2.75) is 6.04 Å². The Morgan fingerprint density at radius 2 is 2.50 bits per heavy atom. The zero-order valence-corrected chi connectivity index (χ0v) is 6.08. The molecule has 0 N–H and O–H groups in total. The molecule has 2 heteroatoms. The summed E-state index contributed by atoms with van der Waals surface area (Å²) >= 11 is 2.00. The maximum atomic E-state index is 3.98. The van der Waals surface area contributed by atoms with Gasteiger partial charge in [0.2, 0.25) is 0 Å². The van der Waals surface area contributed by atoms with E-state index < -0.39 is 0 Å². The predicted octanol–water partition coefficient (Wildman–Crippen LogP) is 0.868. The lowest BCUT2D eigenvalue weighted by Gasteiger charge is -2.28. The fourth-order valence-corrected chi connectivity index (χ4v) is 1.85. The Morgan fingerprint density at radius 3 is 2.88 bits per heavy atom. The smallest absolute Gasteiger partial charge is 0.0184 e. The highest BCUT2D eigenvalue weighted by atomic mass is 32.2. The van der Waals surface area contributed by atoms with Crippen LogP contribution < -0.4 is 0 Å². The van der Waals surface area contributed by atoms with Crippen LogP contribution in [0.3, 0.4) is 0 Å². The molecule has 0 saturated carbocycles. The molecule has 1 unspecified atom stereocenters. The normalized spacial score (nSPS) is 33.0. The van der Waals surface area contributed by atoms with E-state index in [1.807, 2.05) is 11.8 Å². The van der Waals surface area contributed by atoms with Crippen molar-refractivity contribution in [3.63, 3.8) is 0 Å². The molecule has 1 aliphatic rings. The van der Waals surface area contributed by atoms with Crippen LogP contribution in [0.5, 0.6) is 0 Å². The second-order valence-electron chi connectivity index (χ2n) is 2.21. The molecule has 1 rings (SSSR count). The van der Waals surface area contributed by atoms with Crippen LogP contribution in [-0.4, -0.2) is 36.0 Å². The predicted molar refractivity (Wildman–Crippen MR) is 39.1 cm³/mol. The fraction of sp³-hybridized carbons (Fsp3) is 0.833. The molecule has 8 heavy (non-hydrogen) atoms. The summed E-state index contributed by atoms with van der Waals surface area (Å²) in [4.78, 5) is 2.30. The van der Waals surface area contributed by atoms with Crippen molar-refractivity contribution in [2.75, 3.05) is 25.1 Å². The Balaban J connectivity index is 2.28. The quantitative estimate of drug-likeness (QED) is 0.478. The first-order valence-electron chi connectivity index (χ1n) is 2.92. The van der Waals surface area contributed by atoms with Gasteiger partial charge in [0.25, 0.3) is 0 Å². The van der Waals surface area contributed by atoms with Gasteiger partial charge in [-0.25, -0.2) is 0 Å². The van der Waals surface area contributed by atoms with Crippen LogP contribution in [0.25, 0.3) is 0 Å². The van der Waals surface area contributed by atoms with Crippen LogP contribution >= 0.6 is 11.8 Å². The number of nitrogens with zero attached hydrogens (tertiary/aromatic N) is 1. The van der Waals surface area contributed by atoms with E-state index in [4.69, 9.17) is 0 Å². The van der Waals surface area contributed by atoms with Crippen molar-refractivity contribution in [1.29, 1.82) is 0 Å². The fourth-order valence-electron chi connectivity index (χ4n) is 0.738. The third kappa shape index (κ3) is 1.39. The summed E-state index contributed by atoms with van der Waals surface area (Å²) in [7, 11) is 2.14. The minimum Gasteiger partial charge on any atom is -0.302 e. The highest BCUT2D eigenvalue weighted by molar-refractivity contribution is 7.99. The van der Waals surface area contributed by atoms with Crippen molar-refractivity contribution in [2.24, 2.45) is 0 Å². The first kappa shape index (κ1) is 6.43. The minimum absolute atomic E-state index is 0.550. The highest BCUT2D eigenvalue weighted by Gasteiger charge is 2.12. The summed E-state index contributed by atoms with van der Waals surface area (Å²) in [6, 6.07) is 0.550. The van der Waals surface area contributed by atoms with E-state index in [1.54, 1.807) is 0 Å². The van der Waals surface area contributed by atoms with Crippen molar-refractivity contribution >= 4 is 11.8 Å². The van der Waals surface area contributed by atoms with Crippen molar-refractivity contribution in [1.82, 2.24) is 4.90 Å². The van der Waals surface area contributed by atoms with E-state index in [0.717, 1.165) is 0 Å². The molecule has 47 valence electrons. The van der Waals surface area contributed by atoms with Gasteiger partial charge >= 0.3 is 0 Å². The Morgan fingerprint density at radius 1 is 1.75 bits per heavy atom. The summed E-state index contributed by atoms with van der Waals surface area (Å²) < 4.78 is 0. The molecule has 0 aromatic carbocycles. The van der Waals surface area contributed by atoms with Gasteiger partial charge in [-0.2, -0.15) is 11.8 Å². The molecule has 1 nitrogen and oxygen atoms in total. The molecule has 1 fully saturated rings. The van der Waals surface area contributed by atoms with E-state index in [0.29, 0.717) is 6.04 Å². The maximum absolute atomic E-state index is 3.98. The second kappa shape index (κ2) is 2.74. The number of thioether (sulfide) groups is 1. The van der Waals surface area contributed by atoms with Gasteiger partial charge in [-0.05, 0) is 14.0 Å². The zero-order valence-electron chi connectivity index (χ0n) is 5.26. The van der Waals surface area contributed by atoms with Crippen LogP contribution in [0.2, 0.25) is 0 Å². The maximum Gasteiger partial charge on any atom is 0.0184 e. The molecule has 0 spiro atoms. The summed E-state index contributed by atoms with van der Waals surface area (Å²) in [5, 5.41) is 0. The Kier molecular flexibility index (Phi) is 2.20. The lowest BCUT2D eigenvalue weighted by Crippen LogP contribution is -2.36. The third-order valence-corrected chi connectivity index (χ3v) is 2.61. The zero-order chi connectivity index (χ0) is 5.98. The van der Waals surface area contributed by atoms with Crippen LogP contribution in [-0.2, 0) is 0 Å². The van der Waals surface area contributed by atoms with Gasteiger partial charge in [-0.1, -0.05) is 0 Å². The largest absolute Gasteiger partial charge is 0.302 e. The SMILES string of the molecule is [CH2]C1CSCCN1C. The van der Waals surface area contributed by atoms with Gasteiger partial charge in [0.15, 0.2) is 0 Å². The molecule has 0 bridgehead atoms. The Hall–Kier alpha value is 0.310. The molecule has 0 amide bonds. The minimum atomic E-state index is 0.550. The lowest BCUT2D eigenvalue weighted by molar-refractivity contribution is 0.310.